The van der Waals surface area contributed by atoms with Crippen molar-refractivity contribution in [3.05, 3.63) is 102 Å². The monoisotopic (exact) mass is 570 g/mol. The molecule has 1 aliphatic heterocycles. The molecule has 2 aromatic rings. The molecule has 1 heterocycles. The molecule has 3 aliphatic rings. The van der Waals surface area contributed by atoms with Crippen molar-refractivity contribution in [2.45, 2.75) is 58.0 Å². The molecule has 4 heteroatoms. The number of rotatable bonds is 6. The van der Waals surface area contributed by atoms with Crippen LogP contribution in [0.4, 0.5) is 0 Å². The minimum Gasteiger partial charge on any atom is -1.00 e. The van der Waals surface area contributed by atoms with E-state index in [0.29, 0.717) is 9.52 Å². The normalized spacial score (nSPS) is 15.8. The van der Waals surface area contributed by atoms with Gasteiger partial charge in [0, 0.05) is 9.52 Å². The van der Waals surface area contributed by atoms with Crippen molar-refractivity contribution in [3.8, 4) is 0 Å². The second-order valence-corrected chi connectivity index (χ2v) is 14.3. The van der Waals surface area contributed by atoms with E-state index in [4.69, 9.17) is 0 Å². The Morgan fingerprint density at radius 1 is 0.727 bits per heavy atom. The molecule has 0 unspecified atom stereocenters. The number of benzene rings is 2. The summed E-state index contributed by atoms with van der Waals surface area (Å²) in [5.74, 6) is 0. The van der Waals surface area contributed by atoms with E-state index in [1.165, 1.54) is 33.4 Å². The van der Waals surface area contributed by atoms with Crippen LogP contribution in [0.25, 0.3) is 11.1 Å². The van der Waals surface area contributed by atoms with Gasteiger partial charge in [0.25, 0.3) is 0 Å². The fourth-order valence-corrected chi connectivity index (χ4v) is 8.40. The maximum atomic E-state index is 2.39. The summed E-state index contributed by atoms with van der Waals surface area (Å²) in [6.45, 7) is 4.47. The average molecular weight is 573 g/mol. The van der Waals surface area contributed by atoms with Crippen LogP contribution in [0.2, 0.25) is 12.1 Å². The third-order valence-electron chi connectivity index (χ3n) is 6.46. The first-order valence-corrected chi connectivity index (χ1v) is 16.5. The molecule has 0 bridgehead atoms. The van der Waals surface area contributed by atoms with E-state index in [2.05, 4.69) is 86.7 Å². The van der Waals surface area contributed by atoms with E-state index in [1.807, 2.05) is 0 Å². The van der Waals surface area contributed by atoms with Crippen molar-refractivity contribution in [3.63, 3.8) is 0 Å². The SMILES string of the molecule is C1C[SiH2]C1.CCc1cccc(C2=[C]([Zr+2][C]3=C(c4cccc(CC)c4)C=CC3)CC=C2)c1.[Cl-].[Cl-]. The third-order valence-corrected chi connectivity index (χ3v) is 12.3. The van der Waals surface area contributed by atoms with Gasteiger partial charge in [0.1, 0.15) is 0 Å². The summed E-state index contributed by atoms with van der Waals surface area (Å²) in [5, 5.41) is 0. The van der Waals surface area contributed by atoms with Gasteiger partial charge in [0.05, 0.1) is 0 Å². The van der Waals surface area contributed by atoms with Crippen molar-refractivity contribution in [2.75, 3.05) is 0 Å². The number of aryl methyl sites for hydroxylation is 2. The van der Waals surface area contributed by atoms with Crippen molar-refractivity contribution in [2.24, 2.45) is 0 Å². The Morgan fingerprint density at radius 3 is 1.52 bits per heavy atom. The van der Waals surface area contributed by atoms with Crippen LogP contribution in [-0.4, -0.2) is 9.52 Å². The predicted octanol–water partition coefficient (Wildman–Crippen LogP) is 1.34. The molecule has 0 saturated carbocycles. The first-order chi connectivity index (χ1) is 15.3. The molecule has 0 N–H and O–H groups in total. The average Bonchev–Trinajstić information content (AvgIpc) is 3.42. The second-order valence-electron chi connectivity index (χ2n) is 8.64. The summed E-state index contributed by atoms with van der Waals surface area (Å²) in [4.78, 5) is 0. The van der Waals surface area contributed by atoms with E-state index >= 15 is 0 Å². The Bertz CT molecular complexity index is 962. The van der Waals surface area contributed by atoms with Gasteiger partial charge in [-0.05, 0) is 0 Å². The second kappa shape index (κ2) is 14.5. The van der Waals surface area contributed by atoms with Crippen LogP contribution >= 0.6 is 0 Å². The van der Waals surface area contributed by atoms with Crippen LogP contribution < -0.4 is 24.8 Å². The van der Waals surface area contributed by atoms with E-state index in [0.717, 1.165) is 25.7 Å². The quantitative estimate of drug-likeness (QED) is 0.459. The summed E-state index contributed by atoms with van der Waals surface area (Å²) in [7, 11) is 0.605. The van der Waals surface area contributed by atoms with Gasteiger partial charge in [0.2, 0.25) is 0 Å². The van der Waals surface area contributed by atoms with E-state index in [1.54, 1.807) is 25.1 Å². The van der Waals surface area contributed by atoms with Gasteiger partial charge in [-0.25, -0.2) is 0 Å². The largest absolute Gasteiger partial charge is 1.00 e. The molecular formula is C29H34Cl2SiZr. The fraction of sp³-hybridized carbons (Fsp3) is 0.310. The molecule has 0 nitrogen and oxygen atoms in total. The van der Waals surface area contributed by atoms with Gasteiger partial charge in [-0.1, -0.05) is 18.5 Å². The molecular weight excluding hydrogens is 539 g/mol. The van der Waals surface area contributed by atoms with E-state index < -0.39 is 23.2 Å². The van der Waals surface area contributed by atoms with Crippen LogP contribution in [0.5, 0.6) is 0 Å². The molecule has 33 heavy (non-hydrogen) atoms. The van der Waals surface area contributed by atoms with Crippen LogP contribution in [-0.2, 0) is 36.1 Å². The summed E-state index contributed by atoms with van der Waals surface area (Å²) >= 11 is -0.758. The molecule has 5 rings (SSSR count). The predicted molar refractivity (Wildman–Crippen MR) is 136 cm³/mol. The van der Waals surface area contributed by atoms with Crippen LogP contribution in [0, 0.1) is 0 Å². The van der Waals surface area contributed by atoms with Crippen molar-refractivity contribution in [1.82, 2.24) is 0 Å². The molecule has 1 fully saturated rings. The van der Waals surface area contributed by atoms with Gasteiger partial charge in [0.15, 0.2) is 0 Å². The summed E-state index contributed by atoms with van der Waals surface area (Å²) in [6.07, 6.45) is 15.5. The first-order valence-electron chi connectivity index (χ1n) is 12.0. The van der Waals surface area contributed by atoms with E-state index in [-0.39, 0.29) is 24.8 Å². The zero-order chi connectivity index (χ0) is 21.5. The molecule has 172 valence electrons. The van der Waals surface area contributed by atoms with Gasteiger partial charge < -0.3 is 24.8 Å². The van der Waals surface area contributed by atoms with Crippen molar-refractivity contribution >= 4 is 20.7 Å². The molecule has 0 atom stereocenters. The molecule has 0 spiro atoms. The topological polar surface area (TPSA) is 0 Å². The Hall–Kier alpha value is -0.920. The fourth-order valence-electron chi connectivity index (χ4n) is 4.14. The van der Waals surface area contributed by atoms with Crippen molar-refractivity contribution in [1.29, 1.82) is 0 Å². The minimum atomic E-state index is -0.758. The molecule has 0 amide bonds. The number of allylic oxidation sites excluding steroid dienone is 8. The smallest absolute Gasteiger partial charge is 1.00 e. The zero-order valence-corrected chi connectivity index (χ0v) is 25.2. The Balaban J connectivity index is 0.000000582. The number of halogens is 2. The molecule has 0 aromatic heterocycles. The first kappa shape index (κ1) is 28.3. The van der Waals surface area contributed by atoms with Crippen LogP contribution in [0.15, 0.2) is 79.4 Å². The molecule has 2 aliphatic carbocycles. The van der Waals surface area contributed by atoms with Crippen LogP contribution in [0.3, 0.4) is 0 Å². The van der Waals surface area contributed by atoms with Crippen LogP contribution in [0.1, 0.15) is 55.4 Å². The van der Waals surface area contributed by atoms with Gasteiger partial charge >= 0.3 is 176 Å². The third kappa shape index (κ3) is 7.53. The maximum Gasteiger partial charge on any atom is -1.00 e. The van der Waals surface area contributed by atoms with Gasteiger partial charge in [-0.3, -0.25) is 0 Å². The Labute approximate surface area is 226 Å². The standard InChI is InChI=1S/2C13H13.C3H8Si.2ClH.Zr/c2*1-2-11-6-5-9-13(10-11)12-7-3-4-8-12;1-2-4-3-1;;;/h2*3,5-7,9-10H,2,4H2,1H3;1-4H2;2*1H;/q;;;;;+2/p-2. The molecule has 2 aromatic carbocycles. The minimum absolute atomic E-state index is 0. The maximum absolute atomic E-state index is 2.39. The molecule has 1 saturated heterocycles. The van der Waals surface area contributed by atoms with Crippen molar-refractivity contribution < 1.29 is 48.0 Å². The van der Waals surface area contributed by atoms with E-state index in [9.17, 15) is 0 Å². The summed E-state index contributed by atoms with van der Waals surface area (Å²) in [5.41, 5.74) is 8.73. The van der Waals surface area contributed by atoms with Gasteiger partial charge in [-0.2, -0.15) is 0 Å². The zero-order valence-electron chi connectivity index (χ0n) is 19.8. The number of hydrogen-bond acceptors (Lipinski definition) is 0. The Kier molecular flexibility index (Phi) is 12.4. The molecule has 0 radical (unpaired) electrons. The summed E-state index contributed by atoms with van der Waals surface area (Å²) in [6, 6.07) is 21.5. The summed E-state index contributed by atoms with van der Waals surface area (Å²) < 4.78 is 3.46. The number of hydrogen-bond donors (Lipinski definition) is 0. The Morgan fingerprint density at radius 2 is 1.15 bits per heavy atom. The van der Waals surface area contributed by atoms with Gasteiger partial charge in [-0.15, -0.1) is 0 Å².